The van der Waals surface area contributed by atoms with Gasteiger partial charge in [0.2, 0.25) is 0 Å². The van der Waals surface area contributed by atoms with Crippen LogP contribution in [0.3, 0.4) is 0 Å². The molecule has 2 rings (SSSR count). The zero-order chi connectivity index (χ0) is 18.1. The maximum atomic E-state index is 12.8. The first-order valence-electron chi connectivity index (χ1n) is 8.24. The summed E-state index contributed by atoms with van der Waals surface area (Å²) in [6.07, 6.45) is 1.29. The van der Waals surface area contributed by atoms with Crippen LogP contribution in [0.1, 0.15) is 51.8 Å². The quantitative estimate of drug-likeness (QED) is 0.722. The SMILES string of the molecule is Cc1ccc(Br)nc1CC(=O)[C@@H]1CC[C@H](C)N1C(=O)OC(C)(C)C. The van der Waals surface area contributed by atoms with E-state index in [1.54, 1.807) is 4.90 Å². The van der Waals surface area contributed by atoms with Gasteiger partial charge >= 0.3 is 6.09 Å². The van der Waals surface area contributed by atoms with Gasteiger partial charge in [-0.15, -0.1) is 0 Å². The van der Waals surface area contributed by atoms with E-state index in [-0.39, 0.29) is 18.2 Å². The molecule has 1 aliphatic rings. The fourth-order valence-corrected chi connectivity index (χ4v) is 3.27. The lowest BCUT2D eigenvalue weighted by molar-refractivity contribution is -0.123. The van der Waals surface area contributed by atoms with Crippen LogP contribution in [0.5, 0.6) is 0 Å². The van der Waals surface area contributed by atoms with E-state index in [1.165, 1.54) is 0 Å². The third-order valence-corrected chi connectivity index (χ3v) is 4.60. The lowest BCUT2D eigenvalue weighted by Crippen LogP contribution is -2.46. The number of ketones is 1. The Balaban J connectivity index is 2.15. The van der Waals surface area contributed by atoms with Crippen LogP contribution in [0, 0.1) is 6.92 Å². The van der Waals surface area contributed by atoms with Crippen LogP contribution in [-0.4, -0.2) is 39.4 Å². The highest BCUT2D eigenvalue weighted by Crippen LogP contribution is 2.28. The molecule has 0 radical (unpaired) electrons. The Hall–Kier alpha value is -1.43. The number of nitrogens with zero attached hydrogens (tertiary/aromatic N) is 2. The second-order valence-electron chi connectivity index (χ2n) is 7.37. The van der Waals surface area contributed by atoms with Crippen molar-refractivity contribution in [3.63, 3.8) is 0 Å². The summed E-state index contributed by atoms with van der Waals surface area (Å²) < 4.78 is 6.19. The molecule has 2 atom stereocenters. The van der Waals surface area contributed by atoms with Crippen LogP contribution < -0.4 is 0 Å². The number of amides is 1. The molecule has 132 valence electrons. The van der Waals surface area contributed by atoms with E-state index in [2.05, 4.69) is 20.9 Å². The molecule has 1 aromatic heterocycles. The molecular weight excluding hydrogens is 372 g/mol. The van der Waals surface area contributed by atoms with Gasteiger partial charge in [0.25, 0.3) is 0 Å². The molecule has 1 aliphatic heterocycles. The number of aromatic nitrogens is 1. The molecule has 5 nitrogen and oxygen atoms in total. The molecule has 1 fully saturated rings. The number of ether oxygens (including phenoxy) is 1. The van der Waals surface area contributed by atoms with Crippen molar-refractivity contribution in [2.75, 3.05) is 0 Å². The normalized spacial score (nSPS) is 21.0. The third-order valence-electron chi connectivity index (χ3n) is 4.15. The summed E-state index contributed by atoms with van der Waals surface area (Å²) in [7, 11) is 0. The highest BCUT2D eigenvalue weighted by Gasteiger charge is 2.40. The Bertz CT molecular complexity index is 640. The number of pyridine rings is 1. The van der Waals surface area contributed by atoms with Gasteiger partial charge in [-0.25, -0.2) is 9.78 Å². The molecular formula is C18H25BrN2O3. The van der Waals surface area contributed by atoms with Crippen molar-refractivity contribution in [1.82, 2.24) is 9.88 Å². The number of aryl methyl sites for hydroxylation is 1. The molecule has 0 N–H and O–H groups in total. The second kappa shape index (κ2) is 7.21. The van der Waals surface area contributed by atoms with E-state index in [0.29, 0.717) is 11.0 Å². The van der Waals surface area contributed by atoms with Crippen molar-refractivity contribution in [3.8, 4) is 0 Å². The second-order valence-corrected chi connectivity index (χ2v) is 8.18. The van der Waals surface area contributed by atoms with E-state index >= 15 is 0 Å². The number of hydrogen-bond donors (Lipinski definition) is 0. The van der Waals surface area contributed by atoms with Gasteiger partial charge in [-0.1, -0.05) is 6.07 Å². The van der Waals surface area contributed by atoms with Crippen LogP contribution in [-0.2, 0) is 16.0 Å². The summed E-state index contributed by atoms with van der Waals surface area (Å²) >= 11 is 3.34. The molecule has 24 heavy (non-hydrogen) atoms. The number of carbonyl (C=O) groups is 2. The number of Topliss-reactive ketones (excluding diaryl/α,β-unsaturated/α-hetero) is 1. The maximum absolute atomic E-state index is 12.8. The fourth-order valence-electron chi connectivity index (χ4n) is 2.93. The van der Waals surface area contributed by atoms with Crippen LogP contribution >= 0.6 is 15.9 Å². The van der Waals surface area contributed by atoms with Crippen LogP contribution in [0.15, 0.2) is 16.7 Å². The zero-order valence-electron chi connectivity index (χ0n) is 14.9. The molecule has 0 saturated carbocycles. The minimum atomic E-state index is -0.574. The molecule has 1 saturated heterocycles. The molecule has 0 aliphatic carbocycles. The lowest BCUT2D eigenvalue weighted by Gasteiger charge is -2.30. The van der Waals surface area contributed by atoms with Crippen molar-refractivity contribution >= 4 is 27.8 Å². The Kier molecular flexibility index (Phi) is 5.68. The molecule has 1 aromatic rings. The summed E-state index contributed by atoms with van der Waals surface area (Å²) in [5, 5.41) is 0. The molecule has 2 heterocycles. The molecule has 0 spiro atoms. The average molecular weight is 397 g/mol. The highest BCUT2D eigenvalue weighted by molar-refractivity contribution is 9.10. The summed E-state index contributed by atoms with van der Waals surface area (Å²) in [4.78, 5) is 31.3. The minimum Gasteiger partial charge on any atom is -0.444 e. The molecule has 0 unspecified atom stereocenters. The average Bonchev–Trinajstić information content (AvgIpc) is 2.83. The predicted molar refractivity (Wildman–Crippen MR) is 95.9 cm³/mol. The number of halogens is 1. The smallest absolute Gasteiger partial charge is 0.411 e. The lowest BCUT2D eigenvalue weighted by atomic mass is 10.0. The van der Waals surface area contributed by atoms with Gasteiger partial charge in [0, 0.05) is 6.04 Å². The third kappa shape index (κ3) is 4.56. The van der Waals surface area contributed by atoms with Crippen molar-refractivity contribution in [3.05, 3.63) is 28.0 Å². The number of likely N-dealkylation sites (tertiary alicyclic amines) is 1. The first-order valence-corrected chi connectivity index (χ1v) is 9.04. The van der Waals surface area contributed by atoms with Gasteiger partial charge in [-0.2, -0.15) is 0 Å². The molecule has 6 heteroatoms. The summed E-state index contributed by atoms with van der Waals surface area (Å²) in [5.41, 5.74) is 1.15. The van der Waals surface area contributed by atoms with Crippen LogP contribution in [0.4, 0.5) is 4.79 Å². The monoisotopic (exact) mass is 396 g/mol. The molecule has 0 bridgehead atoms. The van der Waals surface area contributed by atoms with Crippen LogP contribution in [0.2, 0.25) is 0 Å². The van der Waals surface area contributed by atoms with Gasteiger partial charge in [0.15, 0.2) is 5.78 Å². The summed E-state index contributed by atoms with van der Waals surface area (Å²) in [6, 6.07) is 3.36. The standard InChI is InChI=1S/C18H25BrN2O3/c1-11-6-9-16(19)20-13(11)10-15(22)14-8-7-12(2)21(14)17(23)24-18(3,4)5/h6,9,12,14H,7-8,10H2,1-5H3/t12-,14-/m0/s1. The minimum absolute atomic E-state index is 0.00497. The number of rotatable bonds is 3. The first-order chi connectivity index (χ1) is 11.1. The van der Waals surface area contributed by atoms with E-state index in [1.807, 2.05) is 46.8 Å². The first kappa shape index (κ1) is 18.9. The number of carbonyl (C=O) groups excluding carboxylic acids is 2. The van der Waals surface area contributed by atoms with E-state index < -0.39 is 17.7 Å². The van der Waals surface area contributed by atoms with E-state index in [0.717, 1.165) is 17.7 Å². The van der Waals surface area contributed by atoms with E-state index in [9.17, 15) is 9.59 Å². The van der Waals surface area contributed by atoms with Gasteiger partial charge in [-0.05, 0) is 75.0 Å². The van der Waals surface area contributed by atoms with Crippen LogP contribution in [0.25, 0.3) is 0 Å². The van der Waals surface area contributed by atoms with Gasteiger partial charge in [-0.3, -0.25) is 9.69 Å². The highest BCUT2D eigenvalue weighted by atomic mass is 79.9. The summed E-state index contributed by atoms with van der Waals surface area (Å²) in [5.74, 6) is 0.0129. The summed E-state index contributed by atoms with van der Waals surface area (Å²) in [6.45, 7) is 9.39. The largest absolute Gasteiger partial charge is 0.444 e. The molecule has 0 aromatic carbocycles. The topological polar surface area (TPSA) is 59.5 Å². The Morgan fingerprint density at radius 1 is 1.33 bits per heavy atom. The maximum Gasteiger partial charge on any atom is 0.411 e. The number of hydrogen-bond acceptors (Lipinski definition) is 4. The predicted octanol–water partition coefficient (Wildman–Crippen LogP) is 4.05. The Morgan fingerprint density at radius 2 is 2.00 bits per heavy atom. The van der Waals surface area contributed by atoms with E-state index in [4.69, 9.17) is 4.74 Å². The van der Waals surface area contributed by atoms with Gasteiger partial charge in [0.05, 0.1) is 18.2 Å². The van der Waals surface area contributed by atoms with Crippen molar-refractivity contribution < 1.29 is 14.3 Å². The van der Waals surface area contributed by atoms with Crippen molar-refractivity contribution in [2.45, 2.75) is 71.6 Å². The van der Waals surface area contributed by atoms with Crippen molar-refractivity contribution in [1.29, 1.82) is 0 Å². The Labute approximate surface area is 151 Å². The van der Waals surface area contributed by atoms with Gasteiger partial charge in [0.1, 0.15) is 10.2 Å². The zero-order valence-corrected chi connectivity index (χ0v) is 16.5. The van der Waals surface area contributed by atoms with Gasteiger partial charge < -0.3 is 4.74 Å². The van der Waals surface area contributed by atoms with Crippen molar-refractivity contribution in [2.24, 2.45) is 0 Å². The molecule has 1 amide bonds. The Morgan fingerprint density at radius 3 is 2.62 bits per heavy atom. The fraction of sp³-hybridized carbons (Fsp3) is 0.611.